The van der Waals surface area contributed by atoms with Crippen molar-refractivity contribution in [3.63, 3.8) is 0 Å². The summed E-state index contributed by atoms with van der Waals surface area (Å²) in [7, 11) is -4.62. The van der Waals surface area contributed by atoms with Gasteiger partial charge in [0.1, 0.15) is 0 Å². The Hall–Kier alpha value is -0.444. The van der Waals surface area contributed by atoms with E-state index in [4.69, 9.17) is 9.29 Å². The monoisotopic (exact) mass is 286 g/mol. The van der Waals surface area contributed by atoms with Crippen molar-refractivity contribution in [2.75, 3.05) is 6.61 Å². The Morgan fingerprint density at radius 3 is 2.56 bits per heavy atom. The molecule has 0 fully saturated rings. The summed E-state index contributed by atoms with van der Waals surface area (Å²) in [5, 5.41) is 0. The van der Waals surface area contributed by atoms with E-state index in [9.17, 15) is 18.0 Å². The molecule has 2 aliphatic rings. The molecule has 0 spiro atoms. The molecule has 0 aromatic rings. The van der Waals surface area contributed by atoms with Gasteiger partial charge in [-0.05, 0) is 19.8 Å². The van der Waals surface area contributed by atoms with Crippen molar-refractivity contribution in [1.82, 2.24) is 0 Å². The van der Waals surface area contributed by atoms with Crippen molar-refractivity contribution >= 4 is 44.7 Å². The maximum absolute atomic E-state index is 12.0. The number of hydrogen-bond acceptors (Lipinski definition) is 5. The van der Waals surface area contributed by atoms with Crippen LogP contribution in [0.4, 0.5) is 0 Å². The van der Waals surface area contributed by atoms with E-state index in [1.165, 1.54) is 0 Å². The molecule has 0 aromatic carbocycles. The number of carbonyl (C=O) groups is 2. The first-order valence-corrected chi connectivity index (χ1v) is 6.62. The second-order valence-corrected chi connectivity index (χ2v) is 6.25. The van der Waals surface area contributed by atoms with Gasteiger partial charge in [0.2, 0.25) is 0 Å². The van der Waals surface area contributed by atoms with E-state index in [1.54, 1.807) is 0 Å². The van der Waals surface area contributed by atoms with E-state index in [0.29, 0.717) is 19.4 Å². The molecule has 0 saturated carbocycles. The van der Waals surface area contributed by atoms with Gasteiger partial charge in [0.15, 0.2) is 22.1 Å². The Kier molecular flexibility index (Phi) is 4.26. The summed E-state index contributed by atoms with van der Waals surface area (Å²) < 4.78 is 34.7. The molecule has 0 aromatic heterocycles. The number of ketones is 2. The van der Waals surface area contributed by atoms with Crippen molar-refractivity contribution in [3.05, 3.63) is 11.3 Å². The van der Waals surface area contributed by atoms with Crippen LogP contribution in [0.25, 0.3) is 0 Å². The zero-order chi connectivity index (χ0) is 12.8. The maximum atomic E-state index is 12.0. The molecule has 18 heavy (non-hydrogen) atoms. The summed E-state index contributed by atoms with van der Waals surface area (Å²) in [6.45, 7) is 1.42. The van der Waals surface area contributed by atoms with Gasteiger partial charge >= 0.3 is 23.1 Å². The summed E-state index contributed by atoms with van der Waals surface area (Å²) >= 11 is 0. The molecule has 1 atom stereocenters. The first kappa shape index (κ1) is 15.6. The number of Topliss-reactive ketones (excluding diaryl/α,β-unsaturated/α-hetero) is 2. The van der Waals surface area contributed by atoms with Crippen LogP contribution in [0.1, 0.15) is 29.0 Å². The SMILES string of the molecule is CC1(S(=O)(=O)O)CC(=O)C2=C(CCCO2)C1=O.[H-].[H-].[Mg+2]. The average Bonchev–Trinajstić information content (AvgIpc) is 2.25. The molecular formula is C10H14MgO6S. The van der Waals surface area contributed by atoms with Crippen LogP contribution in [-0.4, -0.2) is 58.9 Å². The van der Waals surface area contributed by atoms with Crippen molar-refractivity contribution in [3.8, 4) is 0 Å². The van der Waals surface area contributed by atoms with E-state index < -0.39 is 32.9 Å². The third-order valence-electron chi connectivity index (χ3n) is 3.17. The van der Waals surface area contributed by atoms with E-state index in [0.717, 1.165) is 6.92 Å². The van der Waals surface area contributed by atoms with Crippen LogP contribution >= 0.6 is 0 Å². The third-order valence-corrected chi connectivity index (χ3v) is 4.63. The fourth-order valence-corrected chi connectivity index (χ4v) is 2.75. The largest absolute Gasteiger partial charge is 2.00 e. The smallest absolute Gasteiger partial charge is 1.00 e. The topological polar surface area (TPSA) is 97.7 Å². The molecule has 2 rings (SSSR count). The quantitative estimate of drug-likeness (QED) is 0.542. The number of ether oxygens (including phenoxy) is 1. The number of carbonyl (C=O) groups excluding carboxylic acids is 2. The van der Waals surface area contributed by atoms with Crippen LogP contribution in [0.15, 0.2) is 11.3 Å². The molecule has 0 radical (unpaired) electrons. The fraction of sp³-hybridized carbons (Fsp3) is 0.600. The summed E-state index contributed by atoms with van der Waals surface area (Å²) in [5.74, 6) is -1.30. The molecule has 1 aliphatic heterocycles. The number of hydrogen-bond donors (Lipinski definition) is 1. The number of rotatable bonds is 1. The van der Waals surface area contributed by atoms with Crippen LogP contribution in [-0.2, 0) is 24.4 Å². The van der Waals surface area contributed by atoms with Gasteiger partial charge in [-0.3, -0.25) is 14.1 Å². The minimum atomic E-state index is -4.62. The molecule has 8 heteroatoms. The third kappa shape index (κ3) is 2.22. The van der Waals surface area contributed by atoms with Crippen LogP contribution in [0.3, 0.4) is 0 Å². The van der Waals surface area contributed by atoms with Crippen molar-refractivity contribution < 1.29 is 30.1 Å². The predicted molar refractivity (Wildman–Crippen MR) is 64.8 cm³/mol. The van der Waals surface area contributed by atoms with Gasteiger partial charge in [-0.15, -0.1) is 0 Å². The Balaban J connectivity index is 0. The summed E-state index contributed by atoms with van der Waals surface area (Å²) in [4.78, 5) is 23.8. The van der Waals surface area contributed by atoms with E-state index in [-0.39, 0.29) is 37.2 Å². The molecule has 98 valence electrons. The Morgan fingerprint density at radius 1 is 1.39 bits per heavy atom. The standard InChI is InChI=1S/C10H12O6S.Mg.2H/c1-10(17(13,14)15)5-7(11)8-6(9(10)12)3-2-4-16-8;;;/h2-5H2,1H3,(H,13,14,15);;;/q;+2;2*-1. The van der Waals surface area contributed by atoms with E-state index in [1.807, 2.05) is 0 Å². The molecule has 0 saturated heterocycles. The molecule has 1 N–H and O–H groups in total. The van der Waals surface area contributed by atoms with Gasteiger partial charge in [0, 0.05) is 12.0 Å². The maximum Gasteiger partial charge on any atom is 2.00 e. The Bertz CT molecular complexity index is 544. The predicted octanol–water partition coefficient (Wildman–Crippen LogP) is 0.0835. The van der Waals surface area contributed by atoms with Crippen LogP contribution in [0, 0.1) is 0 Å². The average molecular weight is 287 g/mol. The van der Waals surface area contributed by atoms with Crippen LogP contribution < -0.4 is 0 Å². The molecule has 0 amide bonds. The molecular weight excluding hydrogens is 272 g/mol. The van der Waals surface area contributed by atoms with Crippen molar-refractivity contribution in [1.29, 1.82) is 0 Å². The van der Waals surface area contributed by atoms with Gasteiger partial charge in [-0.1, -0.05) is 0 Å². The van der Waals surface area contributed by atoms with Gasteiger partial charge in [0.25, 0.3) is 10.1 Å². The minimum absolute atomic E-state index is 0. The summed E-state index contributed by atoms with van der Waals surface area (Å²) in [6, 6.07) is 0. The molecule has 1 aliphatic carbocycles. The van der Waals surface area contributed by atoms with Gasteiger partial charge < -0.3 is 7.59 Å². The van der Waals surface area contributed by atoms with Crippen LogP contribution in [0.2, 0.25) is 0 Å². The molecule has 1 unspecified atom stereocenters. The van der Waals surface area contributed by atoms with Crippen molar-refractivity contribution in [2.24, 2.45) is 0 Å². The van der Waals surface area contributed by atoms with Gasteiger partial charge in [-0.25, -0.2) is 0 Å². The Morgan fingerprint density at radius 2 is 2.00 bits per heavy atom. The number of allylic oxidation sites excluding steroid dienone is 2. The first-order valence-electron chi connectivity index (χ1n) is 5.18. The normalized spacial score (nSPS) is 28.3. The molecule has 1 heterocycles. The fourth-order valence-electron chi connectivity index (χ4n) is 2.08. The summed E-state index contributed by atoms with van der Waals surface area (Å²) in [6.07, 6.45) is 0.300. The van der Waals surface area contributed by atoms with Crippen molar-refractivity contribution in [2.45, 2.75) is 30.9 Å². The summed E-state index contributed by atoms with van der Waals surface area (Å²) in [5.41, 5.74) is 0.0904. The van der Waals surface area contributed by atoms with Crippen LogP contribution in [0.5, 0.6) is 0 Å². The zero-order valence-electron chi connectivity index (χ0n) is 11.9. The Labute approximate surface area is 124 Å². The molecule has 0 bridgehead atoms. The van der Waals surface area contributed by atoms with E-state index >= 15 is 0 Å². The molecule has 6 nitrogen and oxygen atoms in total. The van der Waals surface area contributed by atoms with Gasteiger partial charge in [0.05, 0.1) is 6.61 Å². The second kappa shape index (κ2) is 4.91. The first-order chi connectivity index (χ1) is 7.77. The second-order valence-electron chi connectivity index (χ2n) is 4.39. The zero-order valence-corrected chi connectivity index (χ0v) is 12.2. The van der Waals surface area contributed by atoms with Gasteiger partial charge in [-0.2, -0.15) is 8.42 Å². The van der Waals surface area contributed by atoms with E-state index in [2.05, 4.69) is 0 Å². The minimum Gasteiger partial charge on any atom is -1.00 e.